The summed E-state index contributed by atoms with van der Waals surface area (Å²) in [6.45, 7) is 3.62. The topological polar surface area (TPSA) is 89.0 Å². The number of hydrogen-bond acceptors (Lipinski definition) is 5. The first-order valence-corrected chi connectivity index (χ1v) is 6.62. The van der Waals surface area contributed by atoms with Gasteiger partial charge in [0.1, 0.15) is 5.71 Å². The van der Waals surface area contributed by atoms with Gasteiger partial charge in [0, 0.05) is 38.4 Å². The molecule has 0 saturated carbocycles. The molecule has 2 N–H and O–H groups in total. The summed E-state index contributed by atoms with van der Waals surface area (Å²) in [7, 11) is 0. The summed E-state index contributed by atoms with van der Waals surface area (Å²) in [5.41, 5.74) is 3.18. The molecular formula is C14H15N3O4. The third-order valence-corrected chi connectivity index (χ3v) is 3.08. The lowest BCUT2D eigenvalue weighted by atomic mass is 10.1. The molecule has 2 aliphatic rings. The van der Waals surface area contributed by atoms with E-state index < -0.39 is 5.79 Å². The molecule has 2 heterocycles. The van der Waals surface area contributed by atoms with Gasteiger partial charge in [-0.05, 0) is 12.1 Å². The fourth-order valence-electron chi connectivity index (χ4n) is 2.14. The van der Waals surface area contributed by atoms with Gasteiger partial charge in [-0.1, -0.05) is 0 Å². The maximum Gasteiger partial charge on any atom is 0.271 e. The number of carbonyl (C=O) groups excluding carboxylic acids is 2. The Kier molecular flexibility index (Phi) is 3.04. The van der Waals surface area contributed by atoms with Crippen molar-refractivity contribution in [3.63, 3.8) is 0 Å². The fraction of sp³-hybridized carbons (Fsp3) is 0.357. The predicted molar refractivity (Wildman–Crippen MR) is 75.2 cm³/mol. The van der Waals surface area contributed by atoms with Gasteiger partial charge in [-0.3, -0.25) is 9.59 Å². The minimum Gasteiger partial charge on any atom is -0.449 e. The number of ether oxygens (including phenoxy) is 2. The molecule has 110 valence electrons. The van der Waals surface area contributed by atoms with Crippen LogP contribution < -0.4 is 20.2 Å². The van der Waals surface area contributed by atoms with Crippen molar-refractivity contribution in [3.8, 4) is 11.5 Å². The molecule has 21 heavy (non-hydrogen) atoms. The van der Waals surface area contributed by atoms with Gasteiger partial charge >= 0.3 is 0 Å². The Labute approximate surface area is 121 Å². The van der Waals surface area contributed by atoms with E-state index in [1.807, 2.05) is 13.8 Å². The summed E-state index contributed by atoms with van der Waals surface area (Å²) >= 11 is 0. The van der Waals surface area contributed by atoms with Crippen molar-refractivity contribution in [1.82, 2.24) is 5.43 Å². The molecule has 0 aliphatic carbocycles. The van der Waals surface area contributed by atoms with Crippen LogP contribution >= 0.6 is 0 Å². The third-order valence-electron chi connectivity index (χ3n) is 3.08. The Morgan fingerprint density at radius 2 is 2.05 bits per heavy atom. The zero-order valence-corrected chi connectivity index (χ0v) is 11.7. The molecule has 0 fully saturated rings. The van der Waals surface area contributed by atoms with Gasteiger partial charge in [0.05, 0.1) is 0 Å². The first-order valence-electron chi connectivity index (χ1n) is 6.62. The maximum atomic E-state index is 12.0. The maximum absolute atomic E-state index is 12.0. The Hall–Kier alpha value is -2.57. The monoisotopic (exact) mass is 289 g/mol. The van der Waals surface area contributed by atoms with E-state index in [0.717, 1.165) is 0 Å². The Balaban J connectivity index is 1.72. The van der Waals surface area contributed by atoms with Gasteiger partial charge in [-0.25, -0.2) is 5.43 Å². The van der Waals surface area contributed by atoms with Gasteiger partial charge in [-0.15, -0.1) is 0 Å². The highest BCUT2D eigenvalue weighted by Gasteiger charge is 2.31. The van der Waals surface area contributed by atoms with Crippen molar-refractivity contribution in [2.24, 2.45) is 5.10 Å². The molecule has 0 atom stereocenters. The van der Waals surface area contributed by atoms with Gasteiger partial charge in [0.15, 0.2) is 11.5 Å². The van der Waals surface area contributed by atoms with Crippen LogP contribution in [0.3, 0.4) is 0 Å². The van der Waals surface area contributed by atoms with Crippen LogP contribution in [0.4, 0.5) is 5.69 Å². The zero-order chi connectivity index (χ0) is 15.0. The number of nitrogens with zero attached hydrogens (tertiary/aromatic N) is 1. The first-order chi connectivity index (χ1) is 9.93. The van der Waals surface area contributed by atoms with Crippen LogP contribution in [0.15, 0.2) is 23.3 Å². The summed E-state index contributed by atoms with van der Waals surface area (Å²) in [6, 6.07) is 5.16. The van der Waals surface area contributed by atoms with Gasteiger partial charge in [-0.2, -0.15) is 5.10 Å². The minimum absolute atomic E-state index is 0.183. The summed E-state index contributed by atoms with van der Waals surface area (Å²) in [5, 5.41) is 6.48. The molecule has 0 saturated heterocycles. The van der Waals surface area contributed by atoms with E-state index >= 15 is 0 Å². The number of amides is 2. The molecule has 1 aromatic rings. The second kappa shape index (κ2) is 4.76. The Morgan fingerprint density at radius 1 is 1.29 bits per heavy atom. The Bertz CT molecular complexity index is 652. The molecule has 1 aromatic carbocycles. The lowest BCUT2D eigenvalue weighted by Crippen LogP contribution is -2.32. The number of hydrogen-bond donors (Lipinski definition) is 2. The van der Waals surface area contributed by atoms with E-state index in [2.05, 4.69) is 15.8 Å². The van der Waals surface area contributed by atoms with Crippen molar-refractivity contribution < 1.29 is 19.1 Å². The van der Waals surface area contributed by atoms with E-state index in [-0.39, 0.29) is 18.2 Å². The fourth-order valence-corrected chi connectivity index (χ4v) is 2.14. The zero-order valence-electron chi connectivity index (χ0n) is 11.7. The van der Waals surface area contributed by atoms with Crippen molar-refractivity contribution in [3.05, 3.63) is 18.2 Å². The number of rotatable bonds is 2. The minimum atomic E-state index is -0.706. The van der Waals surface area contributed by atoms with Crippen LogP contribution in [-0.2, 0) is 9.59 Å². The molecule has 3 rings (SSSR count). The van der Waals surface area contributed by atoms with E-state index in [1.165, 1.54) is 0 Å². The number of carbonyl (C=O) groups is 2. The van der Waals surface area contributed by atoms with Crippen LogP contribution in [0.5, 0.6) is 11.5 Å². The number of fused-ring (bicyclic) bond motifs is 1. The summed E-state index contributed by atoms with van der Waals surface area (Å²) in [6.07, 6.45) is 0.594. The SMILES string of the molecule is CC1(C)Oc2ccc(NC(=O)C3=NNC(=O)CC3)cc2O1. The largest absolute Gasteiger partial charge is 0.449 e. The number of hydrazone groups is 1. The van der Waals surface area contributed by atoms with Crippen molar-refractivity contribution in [2.75, 3.05) is 5.32 Å². The number of benzene rings is 1. The average molecular weight is 289 g/mol. The molecule has 0 unspecified atom stereocenters. The smallest absolute Gasteiger partial charge is 0.271 e. The highest BCUT2D eigenvalue weighted by Crippen LogP contribution is 2.40. The molecule has 0 aromatic heterocycles. The second-order valence-electron chi connectivity index (χ2n) is 5.31. The molecule has 2 aliphatic heterocycles. The molecule has 0 radical (unpaired) electrons. The highest BCUT2D eigenvalue weighted by molar-refractivity contribution is 6.43. The van der Waals surface area contributed by atoms with Gasteiger partial charge in [0.2, 0.25) is 11.7 Å². The van der Waals surface area contributed by atoms with Crippen molar-refractivity contribution in [1.29, 1.82) is 0 Å². The van der Waals surface area contributed by atoms with Crippen LogP contribution in [-0.4, -0.2) is 23.3 Å². The quantitative estimate of drug-likeness (QED) is 0.861. The summed E-state index contributed by atoms with van der Waals surface area (Å²) in [5.74, 6) is -0.00941. The van der Waals surface area contributed by atoms with Crippen molar-refractivity contribution in [2.45, 2.75) is 32.5 Å². The lowest BCUT2D eigenvalue weighted by Gasteiger charge is -2.16. The third kappa shape index (κ3) is 2.81. The molecule has 2 amide bonds. The van der Waals surface area contributed by atoms with Crippen LogP contribution in [0.25, 0.3) is 0 Å². The Morgan fingerprint density at radius 3 is 2.76 bits per heavy atom. The van der Waals surface area contributed by atoms with Crippen LogP contribution in [0, 0.1) is 0 Å². The van der Waals surface area contributed by atoms with E-state index in [4.69, 9.17) is 9.47 Å². The normalized spacial score (nSPS) is 18.8. The van der Waals surface area contributed by atoms with E-state index in [9.17, 15) is 9.59 Å². The second-order valence-corrected chi connectivity index (χ2v) is 5.31. The predicted octanol–water partition coefficient (Wildman–Crippen LogP) is 1.40. The molecule has 7 nitrogen and oxygen atoms in total. The molecule has 7 heteroatoms. The highest BCUT2D eigenvalue weighted by atomic mass is 16.7. The van der Waals surface area contributed by atoms with Crippen LogP contribution in [0.2, 0.25) is 0 Å². The van der Waals surface area contributed by atoms with Crippen molar-refractivity contribution >= 4 is 23.2 Å². The standard InChI is InChI=1S/C14H15N3O4/c1-14(2)20-10-5-3-8(7-11(10)21-14)15-13(19)9-4-6-12(18)17-16-9/h3,5,7H,4,6H2,1-2H3,(H,15,19)(H,17,18). The lowest BCUT2D eigenvalue weighted by molar-refractivity contribution is -0.121. The van der Waals surface area contributed by atoms with Crippen LogP contribution in [0.1, 0.15) is 26.7 Å². The summed E-state index contributed by atoms with van der Waals surface area (Å²) in [4.78, 5) is 23.0. The molecule has 0 bridgehead atoms. The number of nitrogens with one attached hydrogen (secondary N) is 2. The summed E-state index contributed by atoms with van der Waals surface area (Å²) < 4.78 is 11.2. The molecular weight excluding hydrogens is 274 g/mol. The van der Waals surface area contributed by atoms with Gasteiger partial charge in [0.25, 0.3) is 5.91 Å². The first kappa shape index (κ1) is 13.4. The van der Waals surface area contributed by atoms with Gasteiger partial charge < -0.3 is 14.8 Å². The molecule has 0 spiro atoms. The van der Waals surface area contributed by atoms with E-state index in [1.54, 1.807) is 18.2 Å². The number of anilines is 1. The average Bonchev–Trinajstić information content (AvgIpc) is 2.72. The van der Waals surface area contributed by atoms with E-state index in [0.29, 0.717) is 29.3 Å².